The number of ether oxygens (including phenoxy) is 3. The number of aliphatic hydroxyl groups is 1. The molecule has 0 amide bonds. The quantitative estimate of drug-likeness (QED) is 0.793. The van der Waals surface area contributed by atoms with Crippen LogP contribution in [0.4, 0.5) is 0 Å². The highest BCUT2D eigenvalue weighted by Crippen LogP contribution is 2.64. The molecule has 0 aromatic heterocycles. The summed E-state index contributed by atoms with van der Waals surface area (Å²) in [6.45, 7) is 4.41. The number of fused-ring (bicyclic) bond motifs is 1. The molecule has 1 spiro atoms. The van der Waals surface area contributed by atoms with E-state index >= 15 is 0 Å². The predicted molar refractivity (Wildman–Crippen MR) is 81.7 cm³/mol. The lowest BCUT2D eigenvalue weighted by Crippen LogP contribution is -2.47. The predicted octanol–water partition coefficient (Wildman–Crippen LogP) is 1.94. The van der Waals surface area contributed by atoms with E-state index in [0.717, 1.165) is 37.4 Å². The molecule has 5 atom stereocenters. The van der Waals surface area contributed by atoms with Crippen molar-refractivity contribution in [2.45, 2.75) is 55.5 Å². The molecule has 2 saturated heterocycles. The van der Waals surface area contributed by atoms with Crippen molar-refractivity contribution < 1.29 is 19.3 Å². The Morgan fingerprint density at radius 2 is 2.00 bits per heavy atom. The third-order valence-corrected chi connectivity index (χ3v) is 6.90. The molecule has 1 aromatic rings. The van der Waals surface area contributed by atoms with Crippen LogP contribution in [0.1, 0.15) is 49.3 Å². The molecule has 1 saturated carbocycles. The van der Waals surface area contributed by atoms with Gasteiger partial charge in [-0.2, -0.15) is 0 Å². The number of nitrogens with zero attached hydrogens (tertiary/aromatic N) is 1. The van der Waals surface area contributed by atoms with Gasteiger partial charge in [-0.05, 0) is 56.0 Å². The summed E-state index contributed by atoms with van der Waals surface area (Å²) in [6.07, 6.45) is 2.83. The Balaban J connectivity index is 1.65. The van der Waals surface area contributed by atoms with Crippen LogP contribution < -0.4 is 9.47 Å². The molecule has 1 unspecified atom stereocenters. The summed E-state index contributed by atoms with van der Waals surface area (Å²) in [7, 11) is 0. The first kappa shape index (κ1) is 13.0. The van der Waals surface area contributed by atoms with Gasteiger partial charge in [0.25, 0.3) is 0 Å². The van der Waals surface area contributed by atoms with E-state index < -0.39 is 11.7 Å². The topological polar surface area (TPSA) is 51.2 Å². The first-order valence-corrected chi connectivity index (χ1v) is 8.65. The molecular weight excluding hydrogens is 294 g/mol. The Labute approximate surface area is 135 Å². The van der Waals surface area contributed by atoms with Crippen molar-refractivity contribution in [1.29, 1.82) is 0 Å². The smallest absolute Gasteiger partial charge is 0.231 e. The lowest BCUT2D eigenvalue weighted by molar-refractivity contribution is -0.132. The van der Waals surface area contributed by atoms with Crippen LogP contribution in [-0.4, -0.2) is 47.1 Å². The first-order chi connectivity index (χ1) is 11.1. The van der Waals surface area contributed by atoms with Gasteiger partial charge in [-0.1, -0.05) is 0 Å². The normalized spacial score (nSPS) is 45.9. The molecule has 3 fully saturated rings. The number of benzene rings is 1. The van der Waals surface area contributed by atoms with E-state index in [1.165, 1.54) is 17.5 Å². The molecule has 122 valence electrons. The molecule has 7 rings (SSSR count). The summed E-state index contributed by atoms with van der Waals surface area (Å²) in [4.78, 5) is 2.59. The number of hydrogen-bond acceptors (Lipinski definition) is 5. The Hall–Kier alpha value is -1.30. The van der Waals surface area contributed by atoms with Crippen LogP contribution in [0.2, 0.25) is 0 Å². The minimum absolute atomic E-state index is 0.00613. The molecule has 5 nitrogen and oxygen atoms in total. The van der Waals surface area contributed by atoms with E-state index in [1.807, 2.05) is 0 Å². The van der Waals surface area contributed by atoms with Crippen LogP contribution in [0.15, 0.2) is 12.1 Å². The number of aliphatic hydroxyl groups excluding tert-OH is 1. The SMILES string of the molecule is C[C@]12C[C@]34CCCN3C[C@@H](O1)c1cc3c(cc1[C@@H]4C2O)OCO3. The highest BCUT2D eigenvalue weighted by Gasteiger charge is 2.68. The van der Waals surface area contributed by atoms with Gasteiger partial charge in [0.15, 0.2) is 11.5 Å². The Kier molecular flexibility index (Phi) is 2.18. The second-order valence-electron chi connectivity index (χ2n) is 8.01. The van der Waals surface area contributed by atoms with Crippen molar-refractivity contribution >= 4 is 0 Å². The van der Waals surface area contributed by atoms with E-state index in [1.54, 1.807) is 0 Å². The van der Waals surface area contributed by atoms with E-state index in [4.69, 9.17) is 14.2 Å². The monoisotopic (exact) mass is 315 g/mol. The van der Waals surface area contributed by atoms with Gasteiger partial charge in [0, 0.05) is 18.0 Å². The Morgan fingerprint density at radius 1 is 1.22 bits per heavy atom. The molecule has 1 aliphatic carbocycles. The second-order valence-corrected chi connectivity index (χ2v) is 8.01. The van der Waals surface area contributed by atoms with Crippen molar-refractivity contribution in [2.75, 3.05) is 19.9 Å². The van der Waals surface area contributed by atoms with Gasteiger partial charge in [0.2, 0.25) is 6.79 Å². The summed E-state index contributed by atoms with van der Waals surface area (Å²) in [5.74, 6) is 1.73. The average molecular weight is 315 g/mol. The summed E-state index contributed by atoms with van der Waals surface area (Å²) in [5.41, 5.74) is 1.99. The lowest BCUT2D eigenvalue weighted by Gasteiger charge is -2.39. The van der Waals surface area contributed by atoms with Gasteiger partial charge in [0.1, 0.15) is 0 Å². The Morgan fingerprint density at radius 3 is 2.83 bits per heavy atom. The fourth-order valence-electron chi connectivity index (χ4n) is 6.07. The van der Waals surface area contributed by atoms with Crippen LogP contribution in [0, 0.1) is 0 Å². The zero-order valence-corrected chi connectivity index (χ0v) is 13.2. The Bertz CT molecular complexity index is 721. The zero-order valence-electron chi connectivity index (χ0n) is 13.2. The van der Waals surface area contributed by atoms with Crippen LogP contribution >= 0.6 is 0 Å². The minimum atomic E-state index is -0.465. The molecule has 1 aromatic carbocycles. The molecule has 5 aliphatic heterocycles. The van der Waals surface area contributed by atoms with Gasteiger partial charge in [-0.3, -0.25) is 4.90 Å². The van der Waals surface area contributed by atoms with Gasteiger partial charge < -0.3 is 19.3 Å². The van der Waals surface area contributed by atoms with Crippen molar-refractivity contribution in [3.05, 3.63) is 23.3 Å². The molecule has 23 heavy (non-hydrogen) atoms. The number of hydrogen-bond donors (Lipinski definition) is 1. The van der Waals surface area contributed by atoms with E-state index in [9.17, 15) is 5.11 Å². The molecular formula is C18H21NO4. The van der Waals surface area contributed by atoms with E-state index in [-0.39, 0.29) is 24.4 Å². The highest BCUT2D eigenvalue weighted by atomic mass is 16.7. The summed E-state index contributed by atoms with van der Waals surface area (Å²) in [5, 5.41) is 11.2. The van der Waals surface area contributed by atoms with Crippen molar-refractivity contribution in [3.63, 3.8) is 0 Å². The van der Waals surface area contributed by atoms with E-state index in [2.05, 4.69) is 24.0 Å². The minimum Gasteiger partial charge on any atom is -0.454 e. The van der Waals surface area contributed by atoms with E-state index in [0.29, 0.717) is 0 Å². The van der Waals surface area contributed by atoms with Crippen LogP contribution in [-0.2, 0) is 4.74 Å². The average Bonchev–Trinajstić information content (AvgIpc) is 3.12. The maximum atomic E-state index is 11.2. The first-order valence-electron chi connectivity index (χ1n) is 8.65. The standard InChI is InChI=1S/C18H21NO4/c1-17-8-18-3-2-4-19(18)7-14(23-17)10-5-12-13(22-9-21-12)6-11(10)15(18)16(17)20/h5-6,14-16,20H,2-4,7-9H2,1H3/t14-,15-,16?,17-,18+/m1/s1. The van der Waals surface area contributed by atoms with Crippen molar-refractivity contribution in [2.24, 2.45) is 0 Å². The molecule has 6 aliphatic rings. The third kappa shape index (κ3) is 1.37. The maximum absolute atomic E-state index is 11.2. The van der Waals surface area contributed by atoms with Crippen molar-refractivity contribution in [3.8, 4) is 11.5 Å². The molecule has 0 radical (unpaired) electrons. The fraction of sp³-hybridized carbons (Fsp3) is 0.667. The molecule has 1 N–H and O–H groups in total. The maximum Gasteiger partial charge on any atom is 0.231 e. The fourth-order valence-corrected chi connectivity index (χ4v) is 6.07. The summed E-state index contributed by atoms with van der Waals surface area (Å²) >= 11 is 0. The molecule has 5 heterocycles. The molecule has 5 heteroatoms. The van der Waals surface area contributed by atoms with Crippen LogP contribution in [0.3, 0.4) is 0 Å². The summed E-state index contributed by atoms with van der Waals surface area (Å²) in [6, 6.07) is 4.21. The number of rotatable bonds is 0. The molecule has 4 bridgehead atoms. The largest absolute Gasteiger partial charge is 0.454 e. The van der Waals surface area contributed by atoms with Gasteiger partial charge in [-0.25, -0.2) is 0 Å². The second kappa shape index (κ2) is 3.85. The van der Waals surface area contributed by atoms with Gasteiger partial charge >= 0.3 is 0 Å². The third-order valence-electron chi connectivity index (χ3n) is 6.90. The van der Waals surface area contributed by atoms with Gasteiger partial charge in [0.05, 0.1) is 17.8 Å². The van der Waals surface area contributed by atoms with Crippen LogP contribution in [0.25, 0.3) is 0 Å². The summed E-state index contributed by atoms with van der Waals surface area (Å²) < 4.78 is 17.7. The van der Waals surface area contributed by atoms with Crippen LogP contribution in [0.5, 0.6) is 11.5 Å². The van der Waals surface area contributed by atoms with Gasteiger partial charge in [-0.15, -0.1) is 0 Å². The highest BCUT2D eigenvalue weighted by molar-refractivity contribution is 5.54. The lowest BCUT2D eigenvalue weighted by atomic mass is 9.78. The van der Waals surface area contributed by atoms with Crippen molar-refractivity contribution in [1.82, 2.24) is 4.90 Å². The zero-order chi connectivity index (χ0) is 15.4.